The zero-order valence-electron chi connectivity index (χ0n) is 16.8. The Morgan fingerprint density at radius 2 is 2.00 bits per heavy atom. The number of benzene rings is 1. The second kappa shape index (κ2) is 7.96. The molecule has 5 rings (SSSR count). The Morgan fingerprint density at radius 3 is 2.77 bits per heavy atom. The van der Waals surface area contributed by atoms with Gasteiger partial charge in [-0.2, -0.15) is 0 Å². The number of ether oxygens (including phenoxy) is 2. The summed E-state index contributed by atoms with van der Waals surface area (Å²) in [5.41, 5.74) is 0.0651. The molecular weight excluding hydrogens is 406 g/mol. The Bertz CT molecular complexity index is 854. The van der Waals surface area contributed by atoms with E-state index in [2.05, 4.69) is 10.2 Å². The first-order valence-electron chi connectivity index (χ1n) is 10.6. The van der Waals surface area contributed by atoms with Crippen LogP contribution in [0.5, 0.6) is 0 Å². The van der Waals surface area contributed by atoms with E-state index in [4.69, 9.17) is 21.1 Å². The fourth-order valence-electron chi connectivity index (χ4n) is 5.09. The lowest BCUT2D eigenvalue weighted by Crippen LogP contribution is -2.45. The van der Waals surface area contributed by atoms with Gasteiger partial charge in [0.1, 0.15) is 5.60 Å². The molecule has 7 nitrogen and oxygen atoms in total. The SMILES string of the molecule is O=C(NCCCN1CCOCC1)C1C2C(=O)N(c3ccc(Cl)cc3)CC23C=C[C@H]1O3. The van der Waals surface area contributed by atoms with Crippen LogP contribution in [0.3, 0.4) is 0 Å². The van der Waals surface area contributed by atoms with Gasteiger partial charge in [0, 0.05) is 30.3 Å². The van der Waals surface area contributed by atoms with Crippen LogP contribution >= 0.6 is 11.6 Å². The molecule has 0 aromatic heterocycles. The van der Waals surface area contributed by atoms with Crippen LogP contribution in [-0.2, 0) is 19.1 Å². The van der Waals surface area contributed by atoms with Gasteiger partial charge in [0.15, 0.2) is 0 Å². The Kier molecular flexibility index (Phi) is 5.31. The van der Waals surface area contributed by atoms with Crippen molar-refractivity contribution in [3.8, 4) is 0 Å². The average Bonchev–Trinajstić information content (AvgIpc) is 3.41. The van der Waals surface area contributed by atoms with Crippen molar-refractivity contribution in [1.82, 2.24) is 10.2 Å². The van der Waals surface area contributed by atoms with Crippen molar-refractivity contribution in [1.29, 1.82) is 0 Å². The highest BCUT2D eigenvalue weighted by Gasteiger charge is 2.67. The average molecular weight is 432 g/mol. The molecule has 1 aromatic carbocycles. The summed E-state index contributed by atoms with van der Waals surface area (Å²) in [5, 5.41) is 3.66. The zero-order valence-corrected chi connectivity index (χ0v) is 17.5. The van der Waals surface area contributed by atoms with Gasteiger partial charge in [-0.1, -0.05) is 23.8 Å². The molecular formula is C22H26ClN3O4. The van der Waals surface area contributed by atoms with Crippen LogP contribution in [0.4, 0.5) is 5.69 Å². The molecule has 1 aromatic rings. The standard InChI is InChI=1S/C22H26ClN3O4/c23-15-2-4-16(5-3-15)26-14-22-7-6-17(30-22)18(19(22)21(26)28)20(27)24-8-1-9-25-10-12-29-13-11-25/h2-7,17-19H,1,8-14H2,(H,24,27)/t17-,18?,19?,22?/m1/s1. The van der Waals surface area contributed by atoms with Crippen molar-refractivity contribution in [3.05, 3.63) is 41.4 Å². The van der Waals surface area contributed by atoms with E-state index in [0.717, 1.165) is 45.0 Å². The molecule has 4 heterocycles. The van der Waals surface area contributed by atoms with Crippen molar-refractivity contribution in [3.63, 3.8) is 0 Å². The third kappa shape index (κ3) is 3.43. The molecule has 3 unspecified atom stereocenters. The van der Waals surface area contributed by atoms with Gasteiger partial charge in [0.25, 0.3) is 0 Å². The number of carbonyl (C=O) groups excluding carboxylic acids is 2. The van der Waals surface area contributed by atoms with Crippen LogP contribution in [-0.4, -0.2) is 74.4 Å². The molecule has 1 spiro atoms. The Balaban J connectivity index is 1.23. The molecule has 8 heteroatoms. The van der Waals surface area contributed by atoms with Crippen LogP contribution in [0.15, 0.2) is 36.4 Å². The first-order valence-corrected chi connectivity index (χ1v) is 11.0. The number of nitrogens with zero attached hydrogens (tertiary/aromatic N) is 2. The van der Waals surface area contributed by atoms with E-state index >= 15 is 0 Å². The first-order chi connectivity index (χ1) is 14.6. The number of amides is 2. The summed E-state index contributed by atoms with van der Waals surface area (Å²) in [6, 6.07) is 7.19. The topological polar surface area (TPSA) is 71.1 Å². The van der Waals surface area contributed by atoms with Gasteiger partial charge in [0.2, 0.25) is 11.8 Å². The number of anilines is 1. The van der Waals surface area contributed by atoms with Crippen LogP contribution < -0.4 is 10.2 Å². The largest absolute Gasteiger partial charge is 0.379 e. The molecule has 30 heavy (non-hydrogen) atoms. The summed E-state index contributed by atoms with van der Waals surface area (Å²) in [4.78, 5) is 30.4. The van der Waals surface area contributed by atoms with Gasteiger partial charge < -0.3 is 19.7 Å². The number of hydrogen-bond donors (Lipinski definition) is 1. The Morgan fingerprint density at radius 1 is 1.23 bits per heavy atom. The molecule has 4 atom stereocenters. The third-order valence-corrected chi connectivity index (χ3v) is 6.85. The minimum absolute atomic E-state index is 0.0577. The summed E-state index contributed by atoms with van der Waals surface area (Å²) < 4.78 is 11.5. The molecule has 2 bridgehead atoms. The minimum atomic E-state index is -0.711. The molecule has 2 amide bonds. The molecule has 0 radical (unpaired) electrons. The van der Waals surface area contributed by atoms with Crippen LogP contribution in [0, 0.1) is 11.8 Å². The van der Waals surface area contributed by atoms with Crippen molar-refractivity contribution < 1.29 is 19.1 Å². The maximum Gasteiger partial charge on any atom is 0.234 e. The molecule has 3 fully saturated rings. The van der Waals surface area contributed by atoms with Gasteiger partial charge in [-0.3, -0.25) is 14.5 Å². The second-order valence-corrected chi connectivity index (χ2v) is 8.84. The van der Waals surface area contributed by atoms with Gasteiger partial charge in [-0.25, -0.2) is 0 Å². The number of fused-ring (bicyclic) bond motifs is 1. The van der Waals surface area contributed by atoms with Crippen molar-refractivity contribution >= 4 is 29.1 Å². The highest BCUT2D eigenvalue weighted by Crippen LogP contribution is 2.52. The minimum Gasteiger partial charge on any atom is -0.379 e. The van der Waals surface area contributed by atoms with Crippen LogP contribution in [0.2, 0.25) is 5.02 Å². The smallest absolute Gasteiger partial charge is 0.234 e. The molecule has 3 saturated heterocycles. The summed E-state index contributed by atoms with van der Waals surface area (Å²) in [6.45, 7) is 5.38. The van der Waals surface area contributed by atoms with Crippen molar-refractivity contribution in [2.24, 2.45) is 11.8 Å². The predicted octanol–water partition coefficient (Wildman–Crippen LogP) is 1.46. The van der Waals surface area contributed by atoms with E-state index in [1.807, 2.05) is 24.3 Å². The van der Waals surface area contributed by atoms with Gasteiger partial charge in [-0.05, 0) is 37.2 Å². The number of morpholine rings is 1. The van der Waals surface area contributed by atoms with E-state index in [1.165, 1.54) is 0 Å². The second-order valence-electron chi connectivity index (χ2n) is 8.40. The molecule has 4 aliphatic heterocycles. The fraction of sp³-hybridized carbons (Fsp3) is 0.545. The normalized spacial score (nSPS) is 32.6. The number of halogens is 1. The fourth-order valence-corrected chi connectivity index (χ4v) is 5.22. The van der Waals surface area contributed by atoms with Gasteiger partial charge in [0.05, 0.1) is 37.7 Å². The molecule has 160 valence electrons. The lowest BCUT2D eigenvalue weighted by Gasteiger charge is -2.27. The summed E-state index contributed by atoms with van der Waals surface area (Å²) in [7, 11) is 0. The van der Waals surface area contributed by atoms with E-state index in [9.17, 15) is 9.59 Å². The number of carbonyl (C=O) groups is 2. The molecule has 1 N–H and O–H groups in total. The predicted molar refractivity (Wildman–Crippen MR) is 112 cm³/mol. The highest BCUT2D eigenvalue weighted by molar-refractivity contribution is 6.30. The number of rotatable bonds is 6. The lowest BCUT2D eigenvalue weighted by molar-refractivity contribution is -0.131. The van der Waals surface area contributed by atoms with Gasteiger partial charge >= 0.3 is 0 Å². The van der Waals surface area contributed by atoms with Crippen LogP contribution in [0.25, 0.3) is 0 Å². The quantitative estimate of drug-likeness (QED) is 0.545. The maximum absolute atomic E-state index is 13.3. The number of hydrogen-bond acceptors (Lipinski definition) is 5. The lowest BCUT2D eigenvalue weighted by atomic mass is 9.77. The molecule has 0 saturated carbocycles. The monoisotopic (exact) mass is 431 g/mol. The van der Waals surface area contributed by atoms with E-state index in [1.54, 1.807) is 17.0 Å². The first kappa shape index (κ1) is 20.0. The summed E-state index contributed by atoms with van der Waals surface area (Å²) in [5.74, 6) is -1.12. The highest BCUT2D eigenvalue weighted by atomic mass is 35.5. The summed E-state index contributed by atoms with van der Waals surface area (Å²) in [6.07, 6.45) is 4.46. The maximum atomic E-state index is 13.3. The molecule has 0 aliphatic carbocycles. The van der Waals surface area contributed by atoms with Crippen molar-refractivity contribution in [2.75, 3.05) is 50.8 Å². The van der Waals surface area contributed by atoms with E-state index < -0.39 is 17.4 Å². The summed E-state index contributed by atoms with van der Waals surface area (Å²) >= 11 is 5.99. The zero-order chi connectivity index (χ0) is 20.7. The van der Waals surface area contributed by atoms with E-state index in [0.29, 0.717) is 18.1 Å². The molecule has 4 aliphatic rings. The number of nitrogens with one attached hydrogen (secondary N) is 1. The Labute approximate surface area is 180 Å². The van der Waals surface area contributed by atoms with Gasteiger partial charge in [-0.15, -0.1) is 0 Å². The van der Waals surface area contributed by atoms with Crippen LogP contribution in [0.1, 0.15) is 6.42 Å². The third-order valence-electron chi connectivity index (χ3n) is 6.60. The van der Waals surface area contributed by atoms with Crippen molar-refractivity contribution in [2.45, 2.75) is 18.1 Å². The van der Waals surface area contributed by atoms with E-state index in [-0.39, 0.29) is 17.9 Å². The Hall–Kier alpha value is -1.93.